The Morgan fingerprint density at radius 2 is 1.94 bits per heavy atom. The summed E-state index contributed by atoms with van der Waals surface area (Å²) in [7, 11) is 0. The highest BCUT2D eigenvalue weighted by atomic mass is 16.2. The molecule has 1 amide bonds. The second-order valence-electron chi connectivity index (χ2n) is 6.67. The van der Waals surface area contributed by atoms with Crippen LogP contribution in [0.1, 0.15) is 58.8 Å². The summed E-state index contributed by atoms with van der Waals surface area (Å²) in [5.74, 6) is 1.15. The zero-order valence-electron chi connectivity index (χ0n) is 12.0. The van der Waals surface area contributed by atoms with Gasteiger partial charge in [-0.1, -0.05) is 19.8 Å². The van der Waals surface area contributed by atoms with E-state index in [1.165, 1.54) is 12.8 Å². The van der Waals surface area contributed by atoms with Gasteiger partial charge in [0.2, 0.25) is 5.91 Å². The van der Waals surface area contributed by atoms with Crippen molar-refractivity contribution >= 4 is 5.91 Å². The van der Waals surface area contributed by atoms with Crippen LogP contribution in [0.25, 0.3) is 0 Å². The summed E-state index contributed by atoms with van der Waals surface area (Å²) in [5, 5.41) is 0. The fourth-order valence-corrected chi connectivity index (χ4v) is 3.47. The van der Waals surface area contributed by atoms with Crippen molar-refractivity contribution in [2.24, 2.45) is 17.6 Å². The van der Waals surface area contributed by atoms with Crippen LogP contribution in [-0.2, 0) is 4.79 Å². The third kappa shape index (κ3) is 3.05. The Bertz CT molecular complexity index is 301. The van der Waals surface area contributed by atoms with Gasteiger partial charge < -0.3 is 10.6 Å². The van der Waals surface area contributed by atoms with Gasteiger partial charge >= 0.3 is 0 Å². The highest BCUT2D eigenvalue weighted by Crippen LogP contribution is 2.33. The Morgan fingerprint density at radius 3 is 2.67 bits per heavy atom. The normalized spacial score (nSPS) is 38.3. The van der Waals surface area contributed by atoms with Gasteiger partial charge in [0, 0.05) is 18.6 Å². The van der Waals surface area contributed by atoms with Crippen LogP contribution in [0, 0.1) is 11.8 Å². The zero-order chi connectivity index (χ0) is 13.2. The van der Waals surface area contributed by atoms with E-state index in [4.69, 9.17) is 5.73 Å². The summed E-state index contributed by atoms with van der Waals surface area (Å²) < 4.78 is 0. The number of hydrogen-bond acceptors (Lipinski definition) is 2. The molecule has 104 valence electrons. The van der Waals surface area contributed by atoms with Gasteiger partial charge in [0.1, 0.15) is 0 Å². The lowest BCUT2D eigenvalue weighted by Crippen LogP contribution is -2.53. The van der Waals surface area contributed by atoms with Gasteiger partial charge in [0.25, 0.3) is 0 Å². The van der Waals surface area contributed by atoms with Crippen molar-refractivity contribution in [3.8, 4) is 0 Å². The van der Waals surface area contributed by atoms with Gasteiger partial charge in [-0.2, -0.15) is 0 Å². The van der Waals surface area contributed by atoms with Crippen molar-refractivity contribution in [3.05, 3.63) is 0 Å². The summed E-state index contributed by atoms with van der Waals surface area (Å²) in [6, 6.07) is 0. The Labute approximate surface area is 111 Å². The minimum atomic E-state index is -0.284. The average Bonchev–Trinajstić information content (AvgIpc) is 2.53. The number of carbonyl (C=O) groups is 1. The molecule has 0 radical (unpaired) electrons. The quantitative estimate of drug-likeness (QED) is 0.779. The SMILES string of the molecule is CC1CCCN(C(=O)C2CCCCC2(C)N)CC1. The van der Waals surface area contributed by atoms with Crippen LogP contribution < -0.4 is 5.73 Å². The first kappa shape index (κ1) is 13.9. The molecule has 0 spiro atoms. The van der Waals surface area contributed by atoms with Gasteiger partial charge in [-0.25, -0.2) is 0 Å². The first-order chi connectivity index (χ1) is 8.50. The molecule has 3 nitrogen and oxygen atoms in total. The van der Waals surface area contributed by atoms with Crippen LogP contribution in [0.2, 0.25) is 0 Å². The fraction of sp³-hybridized carbons (Fsp3) is 0.933. The lowest BCUT2D eigenvalue weighted by Gasteiger charge is -2.39. The first-order valence-electron chi connectivity index (χ1n) is 7.58. The summed E-state index contributed by atoms with van der Waals surface area (Å²) in [6.45, 7) is 6.24. The molecule has 0 aromatic carbocycles. The number of carbonyl (C=O) groups excluding carboxylic acids is 1. The van der Waals surface area contributed by atoms with E-state index in [0.29, 0.717) is 5.91 Å². The maximum absolute atomic E-state index is 12.7. The second-order valence-corrected chi connectivity index (χ2v) is 6.67. The highest BCUT2D eigenvalue weighted by Gasteiger charge is 2.39. The van der Waals surface area contributed by atoms with Gasteiger partial charge in [-0.3, -0.25) is 4.79 Å². The smallest absolute Gasteiger partial charge is 0.227 e. The molecule has 18 heavy (non-hydrogen) atoms. The standard InChI is InChI=1S/C15H28N2O/c1-12-6-5-10-17(11-8-12)14(18)13-7-3-4-9-15(13,2)16/h12-13H,3-11,16H2,1-2H3. The number of rotatable bonds is 1. The zero-order valence-corrected chi connectivity index (χ0v) is 12.0. The van der Waals surface area contributed by atoms with Crippen molar-refractivity contribution in [3.63, 3.8) is 0 Å². The number of amides is 1. The third-order valence-electron chi connectivity index (χ3n) is 4.88. The molecular weight excluding hydrogens is 224 g/mol. The molecule has 0 aromatic heterocycles. The Balaban J connectivity index is 2.01. The highest BCUT2D eigenvalue weighted by molar-refractivity contribution is 5.80. The first-order valence-corrected chi connectivity index (χ1v) is 7.58. The van der Waals surface area contributed by atoms with Crippen LogP contribution in [-0.4, -0.2) is 29.4 Å². The number of likely N-dealkylation sites (tertiary alicyclic amines) is 1. The molecule has 1 heterocycles. The van der Waals surface area contributed by atoms with E-state index >= 15 is 0 Å². The Hall–Kier alpha value is -0.570. The van der Waals surface area contributed by atoms with Crippen molar-refractivity contribution in [2.75, 3.05) is 13.1 Å². The van der Waals surface area contributed by atoms with E-state index in [2.05, 4.69) is 18.7 Å². The van der Waals surface area contributed by atoms with E-state index in [-0.39, 0.29) is 11.5 Å². The van der Waals surface area contributed by atoms with Crippen LogP contribution in [0.15, 0.2) is 0 Å². The summed E-state index contributed by atoms with van der Waals surface area (Å²) in [5.41, 5.74) is 6.06. The molecule has 1 aliphatic heterocycles. The van der Waals surface area contributed by atoms with Gasteiger partial charge in [0.15, 0.2) is 0 Å². The van der Waals surface area contributed by atoms with E-state index < -0.39 is 0 Å². The van der Waals surface area contributed by atoms with E-state index in [1.807, 2.05) is 0 Å². The van der Waals surface area contributed by atoms with E-state index in [9.17, 15) is 4.79 Å². The fourth-order valence-electron chi connectivity index (χ4n) is 3.47. The van der Waals surface area contributed by atoms with Crippen molar-refractivity contribution in [2.45, 2.75) is 64.3 Å². The monoisotopic (exact) mass is 252 g/mol. The summed E-state index contributed by atoms with van der Waals surface area (Å²) in [4.78, 5) is 14.8. The molecule has 1 aliphatic carbocycles. The van der Waals surface area contributed by atoms with Crippen molar-refractivity contribution in [1.82, 2.24) is 4.90 Å². The van der Waals surface area contributed by atoms with Crippen LogP contribution in [0.5, 0.6) is 0 Å². The van der Waals surface area contributed by atoms with Crippen LogP contribution in [0.3, 0.4) is 0 Å². The molecule has 1 saturated heterocycles. The molecule has 3 atom stereocenters. The second kappa shape index (κ2) is 5.60. The van der Waals surface area contributed by atoms with Gasteiger partial charge in [0.05, 0.1) is 5.92 Å². The molecule has 3 heteroatoms. The lowest BCUT2D eigenvalue weighted by molar-refractivity contribution is -0.138. The molecule has 2 aliphatic rings. The van der Waals surface area contributed by atoms with Crippen LogP contribution in [0.4, 0.5) is 0 Å². The molecule has 0 bridgehead atoms. The number of nitrogens with zero attached hydrogens (tertiary/aromatic N) is 1. The number of hydrogen-bond donors (Lipinski definition) is 1. The summed E-state index contributed by atoms with van der Waals surface area (Å²) in [6.07, 6.45) is 7.88. The third-order valence-corrected chi connectivity index (χ3v) is 4.88. The molecular formula is C15H28N2O. The molecule has 0 aromatic rings. The van der Waals surface area contributed by atoms with Crippen molar-refractivity contribution in [1.29, 1.82) is 0 Å². The predicted molar refractivity (Wildman–Crippen MR) is 74.1 cm³/mol. The lowest BCUT2D eigenvalue weighted by atomic mass is 9.74. The van der Waals surface area contributed by atoms with Gasteiger partial charge in [-0.05, 0) is 44.9 Å². The molecule has 2 rings (SSSR count). The molecule has 2 N–H and O–H groups in total. The van der Waals surface area contributed by atoms with Crippen LogP contribution >= 0.6 is 0 Å². The van der Waals surface area contributed by atoms with Gasteiger partial charge in [-0.15, -0.1) is 0 Å². The molecule has 1 saturated carbocycles. The van der Waals surface area contributed by atoms with E-state index in [0.717, 1.165) is 51.1 Å². The predicted octanol–water partition coefficient (Wildman–Crippen LogP) is 2.54. The maximum atomic E-state index is 12.7. The Morgan fingerprint density at radius 1 is 1.17 bits per heavy atom. The minimum absolute atomic E-state index is 0.0552. The average molecular weight is 252 g/mol. The topological polar surface area (TPSA) is 46.3 Å². The Kier molecular flexibility index (Phi) is 4.31. The minimum Gasteiger partial charge on any atom is -0.342 e. The molecule has 3 unspecified atom stereocenters. The number of nitrogens with two attached hydrogens (primary N) is 1. The maximum Gasteiger partial charge on any atom is 0.227 e. The largest absolute Gasteiger partial charge is 0.342 e. The molecule has 2 fully saturated rings. The van der Waals surface area contributed by atoms with Crippen molar-refractivity contribution < 1.29 is 4.79 Å². The van der Waals surface area contributed by atoms with E-state index in [1.54, 1.807) is 0 Å². The summed E-state index contributed by atoms with van der Waals surface area (Å²) >= 11 is 0.